The van der Waals surface area contributed by atoms with Gasteiger partial charge in [0.15, 0.2) is 16.6 Å². The third-order valence-electron chi connectivity index (χ3n) is 2.98. The molecule has 5 nitrogen and oxygen atoms in total. The number of nitrogens with one attached hydrogen (secondary N) is 2. The highest BCUT2D eigenvalue weighted by Gasteiger charge is 2.11. The van der Waals surface area contributed by atoms with E-state index in [2.05, 4.69) is 15.6 Å². The summed E-state index contributed by atoms with van der Waals surface area (Å²) in [6.07, 6.45) is 3.44. The highest BCUT2D eigenvalue weighted by Crippen LogP contribution is 2.30. The van der Waals surface area contributed by atoms with Crippen LogP contribution in [0.4, 0.5) is 5.69 Å². The molecule has 1 aliphatic rings. The lowest BCUT2D eigenvalue weighted by Crippen LogP contribution is -2.28. The summed E-state index contributed by atoms with van der Waals surface area (Å²) in [6, 6.07) is 9.64. The lowest BCUT2D eigenvalue weighted by atomic mass is 10.2. The van der Waals surface area contributed by atoms with Crippen LogP contribution in [0.15, 0.2) is 42.7 Å². The summed E-state index contributed by atoms with van der Waals surface area (Å²) in [5, 5.41) is 6.78. The van der Waals surface area contributed by atoms with E-state index in [1.165, 1.54) is 0 Å². The molecular formula is C15H15N3O2S. The van der Waals surface area contributed by atoms with Crippen molar-refractivity contribution in [2.24, 2.45) is 0 Å². The Morgan fingerprint density at radius 3 is 2.86 bits per heavy atom. The molecule has 1 aromatic carbocycles. The van der Waals surface area contributed by atoms with E-state index in [0.717, 1.165) is 22.7 Å². The van der Waals surface area contributed by atoms with Crippen molar-refractivity contribution in [1.29, 1.82) is 0 Å². The number of hydrogen-bond donors (Lipinski definition) is 2. The SMILES string of the molecule is S=C(NCc1ccc2c(c1)OCCO2)Nc1cccnc1. The van der Waals surface area contributed by atoms with E-state index in [-0.39, 0.29) is 0 Å². The van der Waals surface area contributed by atoms with Crippen molar-refractivity contribution in [2.75, 3.05) is 18.5 Å². The Hall–Kier alpha value is -2.34. The van der Waals surface area contributed by atoms with Gasteiger partial charge in [-0.15, -0.1) is 0 Å². The number of rotatable bonds is 3. The van der Waals surface area contributed by atoms with Crippen LogP contribution < -0.4 is 20.1 Å². The summed E-state index contributed by atoms with van der Waals surface area (Å²) in [5.74, 6) is 1.58. The minimum atomic E-state index is 0.554. The molecule has 2 heterocycles. The van der Waals surface area contributed by atoms with Gasteiger partial charge in [0.1, 0.15) is 13.2 Å². The first-order chi connectivity index (χ1) is 10.3. The molecule has 1 aliphatic heterocycles. The largest absolute Gasteiger partial charge is 0.486 e. The Morgan fingerprint density at radius 1 is 1.19 bits per heavy atom. The minimum absolute atomic E-state index is 0.554. The molecule has 1 aromatic heterocycles. The first kappa shape index (κ1) is 13.6. The van der Waals surface area contributed by atoms with Gasteiger partial charge < -0.3 is 20.1 Å². The molecule has 0 atom stereocenters. The first-order valence-electron chi connectivity index (χ1n) is 6.65. The van der Waals surface area contributed by atoms with Gasteiger partial charge in [-0.1, -0.05) is 6.07 Å². The Bertz CT molecular complexity index is 634. The zero-order valence-corrected chi connectivity index (χ0v) is 12.2. The second kappa shape index (κ2) is 6.41. The van der Waals surface area contributed by atoms with Gasteiger partial charge in [-0.05, 0) is 42.0 Å². The van der Waals surface area contributed by atoms with E-state index >= 15 is 0 Å². The maximum absolute atomic E-state index is 5.56. The molecule has 0 radical (unpaired) electrons. The van der Waals surface area contributed by atoms with Crippen LogP contribution in [-0.2, 0) is 6.54 Å². The quantitative estimate of drug-likeness (QED) is 0.849. The van der Waals surface area contributed by atoms with E-state index in [0.29, 0.717) is 24.9 Å². The maximum Gasteiger partial charge on any atom is 0.171 e. The average Bonchev–Trinajstić information content (AvgIpc) is 2.54. The van der Waals surface area contributed by atoms with Gasteiger partial charge in [-0.2, -0.15) is 0 Å². The van der Waals surface area contributed by atoms with Crippen LogP contribution in [-0.4, -0.2) is 23.3 Å². The van der Waals surface area contributed by atoms with Crippen LogP contribution in [0.2, 0.25) is 0 Å². The van der Waals surface area contributed by atoms with Gasteiger partial charge in [-0.3, -0.25) is 4.98 Å². The average molecular weight is 301 g/mol. The summed E-state index contributed by atoms with van der Waals surface area (Å²) in [4.78, 5) is 4.02. The zero-order valence-electron chi connectivity index (χ0n) is 11.3. The van der Waals surface area contributed by atoms with Gasteiger partial charge in [0.05, 0.1) is 11.9 Å². The van der Waals surface area contributed by atoms with Gasteiger partial charge >= 0.3 is 0 Å². The number of ether oxygens (including phenoxy) is 2. The first-order valence-corrected chi connectivity index (χ1v) is 7.05. The number of pyridine rings is 1. The van der Waals surface area contributed by atoms with Gasteiger partial charge in [0.2, 0.25) is 0 Å². The van der Waals surface area contributed by atoms with Gasteiger partial charge in [0, 0.05) is 12.7 Å². The molecule has 0 saturated carbocycles. The second-order valence-electron chi connectivity index (χ2n) is 4.53. The summed E-state index contributed by atoms with van der Waals surface area (Å²) in [5.41, 5.74) is 1.94. The standard InChI is InChI=1S/C15H15N3O2S/c21-15(18-12-2-1-5-16-10-12)17-9-11-3-4-13-14(8-11)20-7-6-19-13/h1-5,8,10H,6-7,9H2,(H2,17,18,21). The number of fused-ring (bicyclic) bond motifs is 1. The van der Waals surface area contributed by atoms with Crippen LogP contribution in [0.25, 0.3) is 0 Å². The van der Waals surface area contributed by atoms with Crippen molar-refractivity contribution >= 4 is 23.0 Å². The second-order valence-corrected chi connectivity index (χ2v) is 4.94. The normalized spacial score (nSPS) is 12.6. The van der Waals surface area contributed by atoms with Crippen LogP contribution in [0.1, 0.15) is 5.56 Å². The van der Waals surface area contributed by atoms with E-state index in [4.69, 9.17) is 21.7 Å². The van der Waals surface area contributed by atoms with E-state index in [1.807, 2.05) is 30.3 Å². The number of anilines is 1. The number of aromatic nitrogens is 1. The lowest BCUT2D eigenvalue weighted by Gasteiger charge is -2.19. The summed E-state index contributed by atoms with van der Waals surface area (Å²) < 4.78 is 11.0. The summed E-state index contributed by atoms with van der Waals surface area (Å²) >= 11 is 5.25. The number of hydrogen-bond acceptors (Lipinski definition) is 4. The molecule has 0 spiro atoms. The molecule has 0 aliphatic carbocycles. The molecule has 0 saturated heterocycles. The van der Waals surface area contributed by atoms with Gasteiger partial charge in [-0.25, -0.2) is 0 Å². The highest BCUT2D eigenvalue weighted by atomic mass is 32.1. The molecule has 6 heteroatoms. The lowest BCUT2D eigenvalue weighted by molar-refractivity contribution is 0.171. The van der Waals surface area contributed by atoms with Crippen molar-refractivity contribution in [1.82, 2.24) is 10.3 Å². The van der Waals surface area contributed by atoms with Gasteiger partial charge in [0.25, 0.3) is 0 Å². The van der Waals surface area contributed by atoms with Crippen molar-refractivity contribution in [3.63, 3.8) is 0 Å². The molecule has 21 heavy (non-hydrogen) atoms. The topological polar surface area (TPSA) is 55.4 Å². The molecule has 3 rings (SSSR count). The van der Waals surface area contributed by atoms with Crippen LogP contribution in [0, 0.1) is 0 Å². The van der Waals surface area contributed by atoms with Crippen molar-refractivity contribution in [3.05, 3.63) is 48.3 Å². The molecule has 2 aromatic rings. The molecular weight excluding hydrogens is 286 g/mol. The van der Waals surface area contributed by atoms with Crippen LogP contribution >= 0.6 is 12.2 Å². The molecule has 0 bridgehead atoms. The predicted octanol–water partition coefficient (Wildman–Crippen LogP) is 2.34. The fourth-order valence-electron chi connectivity index (χ4n) is 1.99. The monoisotopic (exact) mass is 301 g/mol. The van der Waals surface area contributed by atoms with Crippen molar-refractivity contribution < 1.29 is 9.47 Å². The zero-order chi connectivity index (χ0) is 14.5. The Balaban J connectivity index is 1.56. The predicted molar refractivity (Wildman–Crippen MR) is 84.7 cm³/mol. The fourth-order valence-corrected chi connectivity index (χ4v) is 2.18. The smallest absolute Gasteiger partial charge is 0.171 e. The molecule has 0 amide bonds. The molecule has 2 N–H and O–H groups in total. The van der Waals surface area contributed by atoms with Crippen molar-refractivity contribution in [3.8, 4) is 11.5 Å². The number of benzene rings is 1. The maximum atomic E-state index is 5.56. The Labute approximate surface area is 128 Å². The third kappa shape index (κ3) is 3.61. The van der Waals surface area contributed by atoms with Crippen LogP contribution in [0.3, 0.4) is 0 Å². The third-order valence-corrected chi connectivity index (χ3v) is 3.23. The van der Waals surface area contributed by atoms with Crippen LogP contribution in [0.5, 0.6) is 11.5 Å². The Morgan fingerprint density at radius 2 is 2.05 bits per heavy atom. The van der Waals surface area contributed by atoms with Crippen molar-refractivity contribution in [2.45, 2.75) is 6.54 Å². The number of thiocarbonyl (C=S) groups is 1. The number of nitrogens with zero attached hydrogens (tertiary/aromatic N) is 1. The molecule has 0 unspecified atom stereocenters. The Kier molecular flexibility index (Phi) is 4.16. The molecule has 0 fully saturated rings. The highest BCUT2D eigenvalue weighted by molar-refractivity contribution is 7.80. The minimum Gasteiger partial charge on any atom is -0.486 e. The summed E-state index contributed by atoms with van der Waals surface area (Å²) in [6.45, 7) is 1.80. The van der Waals surface area contributed by atoms with E-state index < -0.39 is 0 Å². The molecule has 108 valence electrons. The summed E-state index contributed by atoms with van der Waals surface area (Å²) in [7, 11) is 0. The fraction of sp³-hybridized carbons (Fsp3) is 0.200. The van der Waals surface area contributed by atoms with E-state index in [9.17, 15) is 0 Å². The van der Waals surface area contributed by atoms with E-state index in [1.54, 1.807) is 12.4 Å².